The molecule has 1 aliphatic heterocycles. The van der Waals surface area contributed by atoms with Gasteiger partial charge in [-0.1, -0.05) is 60.7 Å². The molecule has 6 heteroatoms. The molecule has 0 aliphatic carbocycles. The normalized spacial score (nSPS) is 19.1. The van der Waals surface area contributed by atoms with E-state index in [4.69, 9.17) is 4.74 Å². The van der Waals surface area contributed by atoms with E-state index in [1.54, 1.807) is 20.8 Å². The van der Waals surface area contributed by atoms with Crippen molar-refractivity contribution in [1.29, 1.82) is 0 Å². The fourth-order valence-corrected chi connectivity index (χ4v) is 3.97. The van der Waals surface area contributed by atoms with Gasteiger partial charge >= 0.3 is 5.97 Å². The van der Waals surface area contributed by atoms with E-state index >= 15 is 0 Å². The van der Waals surface area contributed by atoms with E-state index in [-0.39, 0.29) is 19.1 Å². The van der Waals surface area contributed by atoms with Crippen LogP contribution in [0.5, 0.6) is 0 Å². The van der Waals surface area contributed by atoms with Crippen molar-refractivity contribution in [2.75, 3.05) is 13.2 Å². The number of carbonyl (C=O) groups is 2. The molecule has 0 aromatic heterocycles. The second kappa shape index (κ2) is 10.1. The molecule has 2 aromatic carbocycles. The van der Waals surface area contributed by atoms with Crippen molar-refractivity contribution in [3.63, 3.8) is 0 Å². The summed E-state index contributed by atoms with van der Waals surface area (Å²) < 4.78 is 5.40. The molecule has 166 valence electrons. The van der Waals surface area contributed by atoms with Gasteiger partial charge in [0.2, 0.25) is 5.91 Å². The Morgan fingerprint density at radius 1 is 1.03 bits per heavy atom. The summed E-state index contributed by atoms with van der Waals surface area (Å²) in [5, 5.41) is 9.91. The lowest BCUT2D eigenvalue weighted by Crippen LogP contribution is -2.45. The average molecular weight is 425 g/mol. The minimum atomic E-state index is -0.624. The van der Waals surface area contributed by atoms with E-state index in [2.05, 4.69) is 4.90 Å². The number of benzene rings is 2. The summed E-state index contributed by atoms with van der Waals surface area (Å²) in [5.41, 5.74) is 1.59. The first-order chi connectivity index (χ1) is 14.8. The van der Waals surface area contributed by atoms with Gasteiger partial charge in [0.15, 0.2) is 0 Å². The summed E-state index contributed by atoms with van der Waals surface area (Å²) in [7, 11) is 0. The molecule has 0 spiro atoms. The first-order valence-corrected chi connectivity index (χ1v) is 10.7. The van der Waals surface area contributed by atoms with Crippen molar-refractivity contribution in [2.45, 2.75) is 58.0 Å². The highest BCUT2D eigenvalue weighted by atomic mass is 16.6. The summed E-state index contributed by atoms with van der Waals surface area (Å²) >= 11 is 0. The van der Waals surface area contributed by atoms with Crippen molar-refractivity contribution in [3.05, 3.63) is 71.8 Å². The number of aliphatic hydroxyl groups is 1. The number of hydrogen-bond acceptors (Lipinski definition) is 5. The third-order valence-electron chi connectivity index (χ3n) is 5.33. The predicted molar refractivity (Wildman–Crippen MR) is 119 cm³/mol. The first-order valence-electron chi connectivity index (χ1n) is 10.7. The van der Waals surface area contributed by atoms with Crippen LogP contribution in [-0.2, 0) is 27.4 Å². The lowest BCUT2D eigenvalue weighted by Gasteiger charge is -2.28. The summed E-state index contributed by atoms with van der Waals surface area (Å²) in [4.78, 5) is 29.3. The van der Waals surface area contributed by atoms with Gasteiger partial charge < -0.3 is 14.7 Å². The van der Waals surface area contributed by atoms with Crippen molar-refractivity contribution in [3.8, 4) is 0 Å². The topological polar surface area (TPSA) is 70.1 Å². The number of likely N-dealkylation sites (tertiary alicyclic amines) is 1. The lowest BCUT2D eigenvalue weighted by atomic mass is 10.1. The summed E-state index contributed by atoms with van der Waals surface area (Å²) in [6.45, 7) is 6.26. The maximum Gasteiger partial charge on any atom is 0.326 e. The van der Waals surface area contributed by atoms with Crippen LogP contribution in [0.15, 0.2) is 60.7 Å². The maximum absolute atomic E-state index is 13.4. The average Bonchev–Trinajstić information content (AvgIpc) is 3.03. The molecule has 1 amide bonds. The Hall–Kier alpha value is -2.70. The number of aliphatic hydroxyl groups excluding tert-OH is 1. The predicted octanol–water partition coefficient (Wildman–Crippen LogP) is 2.99. The minimum absolute atomic E-state index is 0.142. The van der Waals surface area contributed by atoms with Crippen LogP contribution in [0, 0.1) is 0 Å². The van der Waals surface area contributed by atoms with Crippen molar-refractivity contribution >= 4 is 11.9 Å². The van der Waals surface area contributed by atoms with Crippen LogP contribution in [0.2, 0.25) is 0 Å². The molecule has 0 radical (unpaired) electrons. The second-order valence-electron chi connectivity index (χ2n) is 9.02. The van der Waals surface area contributed by atoms with Gasteiger partial charge in [0.1, 0.15) is 12.1 Å². The number of hydrogen-bond donors (Lipinski definition) is 1. The van der Waals surface area contributed by atoms with Gasteiger partial charge in [-0.2, -0.15) is 0 Å². The number of rotatable bonds is 8. The highest BCUT2D eigenvalue weighted by molar-refractivity contribution is 5.88. The largest absolute Gasteiger partial charge is 0.459 e. The zero-order valence-corrected chi connectivity index (χ0v) is 18.5. The van der Waals surface area contributed by atoms with Gasteiger partial charge in [-0.25, -0.2) is 0 Å². The Bertz CT molecular complexity index is 823. The van der Waals surface area contributed by atoms with Crippen LogP contribution >= 0.6 is 0 Å². The van der Waals surface area contributed by atoms with E-state index in [9.17, 15) is 14.7 Å². The SMILES string of the molecule is CC(C)(C)OC(=O)CN1C(=O)[C@H](N(Cc2ccccc2)Cc2ccccc2)C[C@H]1CO. The summed E-state index contributed by atoms with van der Waals surface area (Å²) in [6, 6.07) is 19.2. The quantitative estimate of drug-likeness (QED) is 0.660. The standard InChI is InChI=1S/C25H32N2O4/c1-25(2,3)31-23(29)17-27-21(18-28)14-22(24(27)30)26(15-19-10-6-4-7-11-19)16-20-12-8-5-9-13-20/h4-13,21-22,28H,14-18H2,1-3H3/t21-,22+/m0/s1. The van der Waals surface area contributed by atoms with Crippen LogP contribution < -0.4 is 0 Å². The highest BCUT2D eigenvalue weighted by Gasteiger charge is 2.43. The summed E-state index contributed by atoms with van der Waals surface area (Å²) in [5.74, 6) is -0.602. The van der Waals surface area contributed by atoms with Crippen LogP contribution in [-0.4, -0.2) is 57.6 Å². The number of amides is 1. The van der Waals surface area contributed by atoms with E-state index in [0.717, 1.165) is 11.1 Å². The summed E-state index contributed by atoms with van der Waals surface area (Å²) in [6.07, 6.45) is 0.470. The fraction of sp³-hybridized carbons (Fsp3) is 0.440. The third-order valence-corrected chi connectivity index (χ3v) is 5.33. The second-order valence-corrected chi connectivity index (χ2v) is 9.02. The molecule has 2 aromatic rings. The zero-order valence-electron chi connectivity index (χ0n) is 18.5. The molecule has 0 saturated carbocycles. The molecular weight excluding hydrogens is 392 g/mol. The minimum Gasteiger partial charge on any atom is -0.459 e. The van der Waals surface area contributed by atoms with Crippen LogP contribution in [0.25, 0.3) is 0 Å². The van der Waals surface area contributed by atoms with Crippen molar-refractivity contribution in [2.24, 2.45) is 0 Å². The Balaban J connectivity index is 1.80. The van der Waals surface area contributed by atoms with Gasteiger partial charge in [0.05, 0.1) is 18.7 Å². The Labute approximate surface area is 184 Å². The van der Waals surface area contributed by atoms with Gasteiger partial charge in [-0.05, 0) is 38.3 Å². The van der Waals surface area contributed by atoms with Gasteiger partial charge in [0.25, 0.3) is 0 Å². The van der Waals surface area contributed by atoms with Crippen LogP contribution in [0.3, 0.4) is 0 Å². The molecule has 6 nitrogen and oxygen atoms in total. The van der Waals surface area contributed by atoms with E-state index in [0.29, 0.717) is 19.5 Å². The molecule has 0 bridgehead atoms. The molecule has 1 heterocycles. The van der Waals surface area contributed by atoms with Gasteiger partial charge in [-0.15, -0.1) is 0 Å². The van der Waals surface area contributed by atoms with Crippen LogP contribution in [0.4, 0.5) is 0 Å². The molecule has 3 rings (SSSR count). The zero-order chi connectivity index (χ0) is 22.4. The van der Waals surface area contributed by atoms with E-state index in [1.807, 2.05) is 60.7 Å². The molecule has 1 fully saturated rings. The molecule has 1 aliphatic rings. The first kappa shape index (κ1) is 23.0. The molecule has 1 saturated heterocycles. The fourth-order valence-electron chi connectivity index (χ4n) is 3.97. The molecule has 0 unspecified atom stereocenters. The Kier molecular flexibility index (Phi) is 7.46. The Morgan fingerprint density at radius 2 is 1.55 bits per heavy atom. The van der Waals surface area contributed by atoms with E-state index in [1.165, 1.54) is 4.90 Å². The lowest BCUT2D eigenvalue weighted by molar-refractivity contribution is -0.159. The third kappa shape index (κ3) is 6.39. The monoisotopic (exact) mass is 424 g/mol. The van der Waals surface area contributed by atoms with E-state index < -0.39 is 23.7 Å². The number of ether oxygens (including phenoxy) is 1. The Morgan fingerprint density at radius 3 is 2.00 bits per heavy atom. The molecule has 2 atom stereocenters. The molecule has 31 heavy (non-hydrogen) atoms. The number of esters is 1. The smallest absolute Gasteiger partial charge is 0.326 e. The highest BCUT2D eigenvalue weighted by Crippen LogP contribution is 2.27. The molecule has 1 N–H and O–H groups in total. The number of carbonyl (C=O) groups excluding carboxylic acids is 2. The van der Waals surface area contributed by atoms with Crippen molar-refractivity contribution in [1.82, 2.24) is 9.80 Å². The van der Waals surface area contributed by atoms with Gasteiger partial charge in [-0.3, -0.25) is 14.5 Å². The molecular formula is C25H32N2O4. The van der Waals surface area contributed by atoms with Gasteiger partial charge in [0, 0.05) is 13.1 Å². The van der Waals surface area contributed by atoms with Crippen molar-refractivity contribution < 1.29 is 19.4 Å². The number of nitrogens with zero attached hydrogens (tertiary/aromatic N) is 2. The maximum atomic E-state index is 13.4. The van der Waals surface area contributed by atoms with Crippen LogP contribution in [0.1, 0.15) is 38.3 Å².